The Hall–Kier alpha value is -5.98. The minimum atomic E-state index is -2.09. The highest BCUT2D eigenvalue weighted by atomic mass is 28.3. The van der Waals surface area contributed by atoms with E-state index in [-0.39, 0.29) is 17.7 Å². The first-order chi connectivity index (χ1) is 28.4. The minimum Gasteiger partial charge on any atom is -0.454 e. The van der Waals surface area contributed by atoms with E-state index in [1.165, 1.54) is 72.6 Å². The van der Waals surface area contributed by atoms with Crippen LogP contribution in [0.5, 0.6) is 0 Å². The third-order valence-electron chi connectivity index (χ3n) is 15.0. The maximum atomic E-state index is 7.20. The SMILES string of the molecule is Cc1cc2c(cc1N1c3c(ccc4c3oc3ccccc34)B3c4c(cc5c(oc6ccccc65)c41)-c1cccc4c1N3c1ccccc1[Si]4(C)C)C(C)(C)CCC2(C)C. The molecule has 0 atom stereocenters. The van der Waals surface area contributed by atoms with Gasteiger partial charge in [-0.1, -0.05) is 132 Å². The summed E-state index contributed by atoms with van der Waals surface area (Å²) in [5.41, 5.74) is 19.1. The van der Waals surface area contributed by atoms with Gasteiger partial charge in [0.05, 0.1) is 11.4 Å². The van der Waals surface area contributed by atoms with E-state index < -0.39 is 8.07 Å². The fraction of sp³-hybridized carbons (Fsp3) is 0.208. The van der Waals surface area contributed by atoms with Crippen LogP contribution in [0.3, 0.4) is 0 Å². The van der Waals surface area contributed by atoms with Crippen LogP contribution in [-0.2, 0) is 10.8 Å². The molecule has 0 saturated heterocycles. The van der Waals surface area contributed by atoms with Crippen LogP contribution in [0.4, 0.5) is 28.4 Å². The molecule has 4 nitrogen and oxygen atoms in total. The first kappa shape index (κ1) is 33.9. The summed E-state index contributed by atoms with van der Waals surface area (Å²) in [5, 5.41) is 7.52. The molecule has 0 saturated carbocycles. The molecule has 1 aliphatic carbocycles. The monoisotopic (exact) mass is 780 g/mol. The normalized spacial score (nSPS) is 17.6. The van der Waals surface area contributed by atoms with Crippen molar-refractivity contribution < 1.29 is 8.83 Å². The van der Waals surface area contributed by atoms with Gasteiger partial charge in [-0.05, 0) is 104 Å². The third kappa shape index (κ3) is 4.15. The van der Waals surface area contributed by atoms with E-state index in [0.717, 1.165) is 61.7 Å². The Balaban J connectivity index is 1.26. The Bertz CT molecular complexity index is 3370. The molecule has 7 aromatic carbocycles. The zero-order chi connectivity index (χ0) is 39.9. The van der Waals surface area contributed by atoms with Gasteiger partial charge in [-0.15, -0.1) is 0 Å². The molecule has 286 valence electrons. The molecule has 0 amide bonds. The van der Waals surface area contributed by atoms with E-state index in [1.807, 2.05) is 0 Å². The van der Waals surface area contributed by atoms with Gasteiger partial charge in [-0.2, -0.15) is 0 Å². The highest BCUT2D eigenvalue weighted by molar-refractivity contribution is 7.05. The second kappa shape index (κ2) is 11.0. The second-order valence-electron chi connectivity index (χ2n) is 19.5. The molecule has 59 heavy (non-hydrogen) atoms. The van der Waals surface area contributed by atoms with E-state index >= 15 is 0 Å². The van der Waals surface area contributed by atoms with Crippen LogP contribution in [0.15, 0.2) is 130 Å². The van der Waals surface area contributed by atoms with Crippen molar-refractivity contribution in [2.75, 3.05) is 9.71 Å². The van der Waals surface area contributed by atoms with Crippen LogP contribution in [0.1, 0.15) is 57.2 Å². The molecular formula is C53H45BN2O2Si. The average Bonchev–Trinajstić information content (AvgIpc) is 3.81. The van der Waals surface area contributed by atoms with Gasteiger partial charge in [-0.3, -0.25) is 0 Å². The zero-order valence-electron chi connectivity index (χ0n) is 34.7. The van der Waals surface area contributed by atoms with Gasteiger partial charge in [0.15, 0.2) is 11.2 Å². The summed E-state index contributed by atoms with van der Waals surface area (Å²) in [7, 11) is -2.09. The molecule has 0 unspecified atom stereocenters. The molecular weight excluding hydrogens is 735 g/mol. The summed E-state index contributed by atoms with van der Waals surface area (Å²) >= 11 is 0. The number of aryl methyl sites for hydroxylation is 1. The van der Waals surface area contributed by atoms with Gasteiger partial charge >= 0.3 is 6.85 Å². The molecule has 4 aliphatic rings. The molecule has 0 radical (unpaired) electrons. The van der Waals surface area contributed by atoms with Crippen LogP contribution < -0.4 is 31.0 Å². The largest absolute Gasteiger partial charge is 0.454 e. The van der Waals surface area contributed by atoms with Gasteiger partial charge in [0, 0.05) is 44.2 Å². The van der Waals surface area contributed by atoms with Crippen molar-refractivity contribution in [1.82, 2.24) is 0 Å². The lowest BCUT2D eigenvalue weighted by Crippen LogP contribution is -2.68. The van der Waals surface area contributed by atoms with Crippen molar-refractivity contribution in [2.45, 2.75) is 71.4 Å². The summed E-state index contributed by atoms with van der Waals surface area (Å²) in [6, 6.07) is 45.7. The molecule has 0 N–H and O–H groups in total. The molecule has 3 aliphatic heterocycles. The van der Waals surface area contributed by atoms with Crippen LogP contribution >= 0.6 is 0 Å². The number of furan rings is 2. The fourth-order valence-electron chi connectivity index (χ4n) is 11.8. The topological polar surface area (TPSA) is 32.8 Å². The molecule has 0 fully saturated rings. The lowest BCUT2D eigenvalue weighted by molar-refractivity contribution is 0.332. The highest BCUT2D eigenvalue weighted by Gasteiger charge is 2.52. The predicted octanol–water partition coefficient (Wildman–Crippen LogP) is 12.0. The van der Waals surface area contributed by atoms with Crippen molar-refractivity contribution in [2.24, 2.45) is 0 Å². The summed E-state index contributed by atoms with van der Waals surface area (Å²) < 4.78 is 14.4. The van der Waals surface area contributed by atoms with Crippen molar-refractivity contribution in [3.8, 4) is 11.1 Å². The maximum absolute atomic E-state index is 7.20. The van der Waals surface area contributed by atoms with Crippen molar-refractivity contribution in [3.05, 3.63) is 138 Å². The van der Waals surface area contributed by atoms with Crippen molar-refractivity contribution in [1.29, 1.82) is 0 Å². The first-order valence-electron chi connectivity index (χ1n) is 21.3. The van der Waals surface area contributed by atoms with Gasteiger partial charge in [0.2, 0.25) is 0 Å². The Morgan fingerprint density at radius 3 is 1.93 bits per heavy atom. The van der Waals surface area contributed by atoms with Gasteiger partial charge in [-0.25, -0.2) is 0 Å². The molecule has 0 spiro atoms. The van der Waals surface area contributed by atoms with E-state index in [1.54, 1.807) is 0 Å². The predicted molar refractivity (Wildman–Crippen MR) is 251 cm³/mol. The number of hydrogen-bond acceptors (Lipinski definition) is 4. The van der Waals surface area contributed by atoms with E-state index in [9.17, 15) is 0 Å². The third-order valence-corrected chi connectivity index (χ3v) is 18.5. The van der Waals surface area contributed by atoms with Crippen LogP contribution in [0, 0.1) is 6.92 Å². The van der Waals surface area contributed by atoms with Crippen LogP contribution in [0.2, 0.25) is 13.1 Å². The number of rotatable bonds is 1. The Kier molecular flexibility index (Phi) is 6.32. The number of fused-ring (bicyclic) bond motifs is 15. The van der Waals surface area contributed by atoms with Crippen molar-refractivity contribution >= 4 is 109 Å². The van der Waals surface area contributed by atoms with Crippen LogP contribution in [-0.4, -0.2) is 14.9 Å². The lowest BCUT2D eigenvalue weighted by Gasteiger charge is -2.51. The number of nitrogens with zero attached hydrogens (tertiary/aromatic N) is 2. The molecule has 5 heterocycles. The standard InChI is InChI=1S/C53H45BN2O2Si/c1-30-27-37-38(53(4,5)26-25-52(37,2)3)29-41(30)55-48-39(24-23-34-31-15-8-11-19-42(31)57-50(34)48)54-46-35(28-36-32-16-9-12-20-43(32)58-51(36)49(46)55)33-17-14-22-45-47(33)56(54)40-18-10-13-21-44(40)59(45,6)7/h8-24,27-29H,25-26H2,1-7H3. The first-order valence-corrected chi connectivity index (χ1v) is 24.3. The average molecular weight is 781 g/mol. The van der Waals surface area contributed by atoms with E-state index in [4.69, 9.17) is 8.83 Å². The fourth-order valence-corrected chi connectivity index (χ4v) is 14.8. The Labute approximate surface area is 346 Å². The molecule has 13 rings (SSSR count). The van der Waals surface area contributed by atoms with Crippen LogP contribution in [0.25, 0.3) is 55.0 Å². The summed E-state index contributed by atoms with van der Waals surface area (Å²) in [6.07, 6.45) is 2.31. The molecule has 9 aromatic rings. The minimum absolute atomic E-state index is 0.0220. The number of para-hydroxylation sites is 4. The Morgan fingerprint density at radius 1 is 0.559 bits per heavy atom. The number of benzene rings is 7. The molecule has 6 heteroatoms. The quantitative estimate of drug-likeness (QED) is 0.155. The Morgan fingerprint density at radius 2 is 1.19 bits per heavy atom. The summed E-state index contributed by atoms with van der Waals surface area (Å²) in [5.74, 6) is 0. The zero-order valence-corrected chi connectivity index (χ0v) is 35.7. The van der Waals surface area contributed by atoms with Crippen molar-refractivity contribution in [3.63, 3.8) is 0 Å². The molecule has 2 aromatic heterocycles. The van der Waals surface area contributed by atoms with Gasteiger partial charge < -0.3 is 18.5 Å². The van der Waals surface area contributed by atoms with E-state index in [2.05, 4.69) is 179 Å². The number of hydrogen-bond donors (Lipinski definition) is 0. The lowest BCUT2D eigenvalue weighted by atomic mass is 9.43. The maximum Gasteiger partial charge on any atom is 0.333 e. The van der Waals surface area contributed by atoms with Gasteiger partial charge in [0.25, 0.3) is 0 Å². The smallest absolute Gasteiger partial charge is 0.333 e. The number of anilines is 5. The summed E-state index contributed by atoms with van der Waals surface area (Å²) in [4.78, 5) is 5.28. The van der Waals surface area contributed by atoms with E-state index in [0.29, 0.717) is 0 Å². The highest BCUT2D eigenvalue weighted by Crippen LogP contribution is 2.55. The second-order valence-corrected chi connectivity index (χ2v) is 23.9. The summed E-state index contributed by atoms with van der Waals surface area (Å²) in [6.45, 7) is 17.0. The molecule has 0 bridgehead atoms. The van der Waals surface area contributed by atoms with Gasteiger partial charge in [0.1, 0.15) is 19.2 Å².